The Morgan fingerprint density at radius 1 is 1.65 bits per heavy atom. The van der Waals surface area contributed by atoms with Gasteiger partial charge in [-0.25, -0.2) is 4.98 Å². The largest absolute Gasteiger partial charge is 0.352 e. The van der Waals surface area contributed by atoms with E-state index in [4.69, 9.17) is 5.73 Å². The molecule has 0 fully saturated rings. The molecule has 0 aromatic carbocycles. The van der Waals surface area contributed by atoms with E-state index in [1.807, 2.05) is 12.3 Å². The van der Waals surface area contributed by atoms with Gasteiger partial charge in [0.15, 0.2) is 4.96 Å². The number of hydrogen-bond acceptors (Lipinski definition) is 6. The number of nitrogens with one attached hydrogen (secondary N) is 1. The van der Waals surface area contributed by atoms with Crippen LogP contribution in [0.25, 0.3) is 4.96 Å². The lowest BCUT2D eigenvalue weighted by Crippen LogP contribution is -2.38. The summed E-state index contributed by atoms with van der Waals surface area (Å²) >= 11 is 2.84. The molecule has 0 aliphatic rings. The fourth-order valence-electron chi connectivity index (χ4n) is 1.59. The summed E-state index contributed by atoms with van der Waals surface area (Å²) in [7, 11) is 0. The Hall–Kier alpha value is -1.38. The average Bonchev–Trinajstić information content (AvgIpc) is 2.87. The summed E-state index contributed by atoms with van der Waals surface area (Å²) in [6, 6.07) is 1.49. The van der Waals surface area contributed by atoms with Gasteiger partial charge in [-0.2, -0.15) is 0 Å². The number of amides is 1. The molecule has 0 saturated carbocycles. The molecule has 108 valence electrons. The van der Waals surface area contributed by atoms with Gasteiger partial charge in [0.25, 0.3) is 5.56 Å². The maximum atomic E-state index is 11.8. The topological polar surface area (TPSA) is 89.5 Å². The third kappa shape index (κ3) is 3.81. The van der Waals surface area contributed by atoms with E-state index in [1.165, 1.54) is 33.6 Å². The Morgan fingerprint density at radius 3 is 3.20 bits per heavy atom. The number of nitrogens with zero attached hydrogens (tertiary/aromatic N) is 2. The van der Waals surface area contributed by atoms with Crippen LogP contribution in [0.1, 0.15) is 12.6 Å². The quantitative estimate of drug-likeness (QED) is 0.808. The minimum Gasteiger partial charge on any atom is -0.352 e. The summed E-state index contributed by atoms with van der Waals surface area (Å²) in [4.78, 5) is 28.4. The maximum absolute atomic E-state index is 11.8. The average molecular weight is 312 g/mol. The first-order chi connectivity index (χ1) is 9.60. The van der Waals surface area contributed by atoms with Crippen LogP contribution >= 0.6 is 23.1 Å². The molecular formula is C12H16N4O2S2. The molecule has 0 aliphatic carbocycles. The van der Waals surface area contributed by atoms with E-state index >= 15 is 0 Å². The third-order valence-electron chi connectivity index (χ3n) is 2.60. The van der Waals surface area contributed by atoms with Gasteiger partial charge in [0, 0.05) is 36.0 Å². The van der Waals surface area contributed by atoms with Crippen molar-refractivity contribution in [3.05, 3.63) is 33.7 Å². The standard InChI is InChI=1S/C12H16N4O2S2/c1-8(5-13)14-10(17)7-19-6-9-4-11(18)16-2-3-20-12(16)15-9/h2-4,8H,5-7,13H2,1H3,(H,14,17)/t8-/m0/s1. The molecule has 2 aromatic rings. The number of nitrogens with two attached hydrogens (primary N) is 1. The van der Waals surface area contributed by atoms with Crippen molar-refractivity contribution in [2.24, 2.45) is 5.73 Å². The van der Waals surface area contributed by atoms with Crippen molar-refractivity contribution in [3.63, 3.8) is 0 Å². The Bertz CT molecular complexity index is 652. The lowest BCUT2D eigenvalue weighted by atomic mass is 10.3. The number of carbonyl (C=O) groups is 1. The van der Waals surface area contributed by atoms with Crippen molar-refractivity contribution in [3.8, 4) is 0 Å². The van der Waals surface area contributed by atoms with Crippen LogP contribution in [0.2, 0.25) is 0 Å². The summed E-state index contributed by atoms with van der Waals surface area (Å²) in [5.41, 5.74) is 6.04. The van der Waals surface area contributed by atoms with E-state index in [2.05, 4.69) is 10.3 Å². The van der Waals surface area contributed by atoms with Gasteiger partial charge >= 0.3 is 0 Å². The molecule has 3 N–H and O–H groups in total. The van der Waals surface area contributed by atoms with Crippen LogP contribution in [0.3, 0.4) is 0 Å². The molecule has 0 spiro atoms. The molecule has 0 saturated heterocycles. The van der Waals surface area contributed by atoms with Gasteiger partial charge < -0.3 is 11.1 Å². The van der Waals surface area contributed by atoms with Gasteiger partial charge in [-0.3, -0.25) is 14.0 Å². The highest BCUT2D eigenvalue weighted by Crippen LogP contribution is 2.12. The van der Waals surface area contributed by atoms with E-state index in [0.717, 1.165) is 0 Å². The fraction of sp³-hybridized carbons (Fsp3) is 0.417. The Balaban J connectivity index is 1.90. The second-order valence-electron chi connectivity index (χ2n) is 4.34. The molecule has 2 aromatic heterocycles. The minimum atomic E-state index is -0.0898. The fourth-order valence-corrected chi connectivity index (χ4v) is 3.05. The van der Waals surface area contributed by atoms with Crippen molar-refractivity contribution >= 4 is 34.0 Å². The van der Waals surface area contributed by atoms with Crippen molar-refractivity contribution in [2.75, 3.05) is 12.3 Å². The highest BCUT2D eigenvalue weighted by atomic mass is 32.2. The molecule has 1 atom stereocenters. The molecule has 0 aliphatic heterocycles. The van der Waals surface area contributed by atoms with E-state index in [0.29, 0.717) is 28.7 Å². The van der Waals surface area contributed by atoms with Crippen molar-refractivity contribution in [1.29, 1.82) is 0 Å². The summed E-state index contributed by atoms with van der Waals surface area (Å²) in [5.74, 6) is 0.811. The molecule has 0 bridgehead atoms. The van der Waals surface area contributed by atoms with Gasteiger partial charge in [0.2, 0.25) is 5.91 Å². The number of thioether (sulfide) groups is 1. The van der Waals surface area contributed by atoms with E-state index in [-0.39, 0.29) is 17.5 Å². The number of rotatable bonds is 6. The molecule has 20 heavy (non-hydrogen) atoms. The number of fused-ring (bicyclic) bond motifs is 1. The zero-order chi connectivity index (χ0) is 14.5. The Morgan fingerprint density at radius 2 is 2.45 bits per heavy atom. The Labute approximate surface area is 124 Å². The number of aromatic nitrogens is 2. The smallest absolute Gasteiger partial charge is 0.258 e. The van der Waals surface area contributed by atoms with E-state index in [1.54, 1.807) is 6.20 Å². The molecule has 0 radical (unpaired) electrons. The van der Waals surface area contributed by atoms with E-state index < -0.39 is 0 Å². The summed E-state index contributed by atoms with van der Waals surface area (Å²) in [5, 5.41) is 4.61. The van der Waals surface area contributed by atoms with Gasteiger partial charge in [0.1, 0.15) is 0 Å². The monoisotopic (exact) mass is 312 g/mol. The van der Waals surface area contributed by atoms with Crippen LogP contribution in [-0.4, -0.2) is 33.6 Å². The predicted molar refractivity (Wildman–Crippen MR) is 82.2 cm³/mol. The first kappa shape index (κ1) is 15.0. The van der Waals surface area contributed by atoms with Crippen LogP contribution in [0.15, 0.2) is 22.4 Å². The highest BCUT2D eigenvalue weighted by Gasteiger charge is 2.07. The lowest BCUT2D eigenvalue weighted by molar-refractivity contribution is -0.119. The van der Waals surface area contributed by atoms with Gasteiger partial charge in [-0.15, -0.1) is 23.1 Å². The van der Waals surface area contributed by atoms with Crippen LogP contribution < -0.4 is 16.6 Å². The normalized spacial score (nSPS) is 12.5. The SMILES string of the molecule is C[C@@H](CN)NC(=O)CSCc1cc(=O)n2ccsc2n1. The zero-order valence-electron chi connectivity index (χ0n) is 11.0. The van der Waals surface area contributed by atoms with Gasteiger partial charge in [-0.05, 0) is 6.92 Å². The van der Waals surface area contributed by atoms with Gasteiger partial charge in [-0.1, -0.05) is 0 Å². The summed E-state index contributed by atoms with van der Waals surface area (Å²) in [6.45, 7) is 2.28. The highest BCUT2D eigenvalue weighted by molar-refractivity contribution is 7.99. The summed E-state index contributed by atoms with van der Waals surface area (Å²) in [6.07, 6.45) is 1.70. The molecule has 2 heterocycles. The van der Waals surface area contributed by atoms with Crippen LogP contribution in [0.5, 0.6) is 0 Å². The van der Waals surface area contributed by atoms with Crippen molar-refractivity contribution in [1.82, 2.24) is 14.7 Å². The predicted octanol–water partition coefficient (Wildman–Crippen LogP) is 0.453. The third-order valence-corrected chi connectivity index (χ3v) is 4.32. The molecular weight excluding hydrogens is 296 g/mol. The lowest BCUT2D eigenvalue weighted by Gasteiger charge is -2.10. The Kier molecular flexibility index (Phi) is 5.16. The van der Waals surface area contributed by atoms with Crippen LogP contribution in [-0.2, 0) is 10.5 Å². The summed E-state index contributed by atoms with van der Waals surface area (Å²) < 4.78 is 1.51. The molecule has 6 nitrogen and oxygen atoms in total. The number of thiazole rings is 1. The second-order valence-corrected chi connectivity index (χ2v) is 6.20. The number of hydrogen-bond donors (Lipinski definition) is 2. The van der Waals surface area contributed by atoms with E-state index in [9.17, 15) is 9.59 Å². The molecule has 2 rings (SSSR count). The minimum absolute atomic E-state index is 0.0201. The first-order valence-electron chi connectivity index (χ1n) is 6.13. The van der Waals surface area contributed by atoms with Crippen LogP contribution in [0.4, 0.5) is 0 Å². The number of carbonyl (C=O) groups excluding carboxylic acids is 1. The second kappa shape index (κ2) is 6.87. The maximum Gasteiger partial charge on any atom is 0.258 e. The molecule has 0 unspecified atom stereocenters. The van der Waals surface area contributed by atoms with Crippen molar-refractivity contribution in [2.45, 2.75) is 18.7 Å². The zero-order valence-corrected chi connectivity index (χ0v) is 12.7. The van der Waals surface area contributed by atoms with Gasteiger partial charge in [0.05, 0.1) is 11.4 Å². The van der Waals surface area contributed by atoms with Crippen LogP contribution in [0, 0.1) is 0 Å². The molecule has 8 heteroatoms. The molecule has 1 amide bonds. The van der Waals surface area contributed by atoms with Crippen molar-refractivity contribution < 1.29 is 4.79 Å². The first-order valence-corrected chi connectivity index (χ1v) is 8.16.